The standard InChI is InChI=1S/C12H16N4S/c1-3-13-12-15-10(14-9-6-7(9)2)8-4-5-17-11(8)16-12/h4-5,7,9H,3,6H2,1-2H3,(H2,13,14,15,16). The summed E-state index contributed by atoms with van der Waals surface area (Å²) in [7, 11) is 0. The molecule has 0 radical (unpaired) electrons. The Morgan fingerprint density at radius 2 is 2.29 bits per heavy atom. The van der Waals surface area contributed by atoms with Crippen LogP contribution >= 0.6 is 11.3 Å². The average Bonchev–Trinajstić information content (AvgIpc) is 2.79. The van der Waals surface area contributed by atoms with Crippen molar-refractivity contribution >= 4 is 33.3 Å². The lowest BCUT2D eigenvalue weighted by atomic mass is 10.3. The normalized spacial score (nSPS) is 22.7. The van der Waals surface area contributed by atoms with Crippen LogP contribution in [0, 0.1) is 5.92 Å². The first kappa shape index (κ1) is 10.8. The van der Waals surface area contributed by atoms with Crippen molar-refractivity contribution < 1.29 is 0 Å². The number of nitrogens with zero attached hydrogens (tertiary/aromatic N) is 2. The minimum absolute atomic E-state index is 0.586. The van der Waals surface area contributed by atoms with Gasteiger partial charge in [0, 0.05) is 12.6 Å². The fourth-order valence-electron chi connectivity index (χ4n) is 1.90. The second kappa shape index (κ2) is 4.14. The Hall–Kier alpha value is -1.36. The molecule has 5 heteroatoms. The van der Waals surface area contributed by atoms with E-state index < -0.39 is 0 Å². The van der Waals surface area contributed by atoms with Gasteiger partial charge in [-0.25, -0.2) is 4.98 Å². The molecule has 2 aromatic rings. The van der Waals surface area contributed by atoms with E-state index in [1.54, 1.807) is 11.3 Å². The molecule has 2 atom stereocenters. The van der Waals surface area contributed by atoms with Crippen molar-refractivity contribution in [2.24, 2.45) is 5.92 Å². The van der Waals surface area contributed by atoms with Crippen LogP contribution in [0.3, 0.4) is 0 Å². The van der Waals surface area contributed by atoms with Crippen LogP contribution in [0.1, 0.15) is 20.3 Å². The Bertz CT molecular complexity index is 536. The number of nitrogens with one attached hydrogen (secondary N) is 2. The van der Waals surface area contributed by atoms with Crippen LogP contribution in [0.5, 0.6) is 0 Å². The molecule has 2 heterocycles. The molecule has 0 aromatic carbocycles. The topological polar surface area (TPSA) is 49.8 Å². The summed E-state index contributed by atoms with van der Waals surface area (Å²) in [5.41, 5.74) is 0. The molecule has 3 rings (SSSR count). The van der Waals surface area contributed by atoms with Gasteiger partial charge in [-0.15, -0.1) is 11.3 Å². The lowest BCUT2D eigenvalue weighted by molar-refractivity contribution is 0.924. The number of anilines is 2. The van der Waals surface area contributed by atoms with Gasteiger partial charge in [0.25, 0.3) is 0 Å². The van der Waals surface area contributed by atoms with Gasteiger partial charge in [0.15, 0.2) is 0 Å². The van der Waals surface area contributed by atoms with Crippen LogP contribution in [0.4, 0.5) is 11.8 Å². The Balaban J connectivity index is 1.97. The Morgan fingerprint density at radius 3 is 3.00 bits per heavy atom. The predicted octanol–water partition coefficient (Wildman–Crippen LogP) is 2.94. The molecule has 4 nitrogen and oxygen atoms in total. The molecule has 1 saturated carbocycles. The van der Waals surface area contributed by atoms with Gasteiger partial charge >= 0.3 is 0 Å². The predicted molar refractivity (Wildman–Crippen MR) is 72.8 cm³/mol. The number of hydrogen-bond acceptors (Lipinski definition) is 5. The first-order valence-corrected chi connectivity index (χ1v) is 6.91. The van der Waals surface area contributed by atoms with E-state index in [-0.39, 0.29) is 0 Å². The fourth-order valence-corrected chi connectivity index (χ4v) is 2.67. The zero-order valence-corrected chi connectivity index (χ0v) is 10.8. The first-order valence-electron chi connectivity index (χ1n) is 6.03. The van der Waals surface area contributed by atoms with E-state index in [2.05, 4.69) is 45.9 Å². The number of fused-ring (bicyclic) bond motifs is 1. The lowest BCUT2D eigenvalue weighted by Crippen LogP contribution is -2.09. The van der Waals surface area contributed by atoms with E-state index >= 15 is 0 Å². The Labute approximate surface area is 104 Å². The van der Waals surface area contributed by atoms with Crippen molar-refractivity contribution in [1.29, 1.82) is 0 Å². The third kappa shape index (κ3) is 2.07. The van der Waals surface area contributed by atoms with Gasteiger partial charge in [-0.1, -0.05) is 6.92 Å². The minimum atomic E-state index is 0.586. The van der Waals surface area contributed by atoms with Gasteiger partial charge in [-0.05, 0) is 30.7 Å². The summed E-state index contributed by atoms with van der Waals surface area (Å²) < 4.78 is 0. The number of hydrogen-bond donors (Lipinski definition) is 2. The zero-order chi connectivity index (χ0) is 11.8. The Morgan fingerprint density at radius 1 is 1.47 bits per heavy atom. The van der Waals surface area contributed by atoms with E-state index in [1.165, 1.54) is 6.42 Å². The van der Waals surface area contributed by atoms with Crippen molar-refractivity contribution in [3.05, 3.63) is 11.4 Å². The summed E-state index contributed by atoms with van der Waals surface area (Å²) >= 11 is 1.66. The maximum absolute atomic E-state index is 4.55. The maximum atomic E-state index is 4.55. The molecule has 0 bridgehead atoms. The van der Waals surface area contributed by atoms with Crippen LogP contribution in [0.2, 0.25) is 0 Å². The van der Waals surface area contributed by atoms with Gasteiger partial charge in [0.1, 0.15) is 10.6 Å². The van der Waals surface area contributed by atoms with E-state index in [0.29, 0.717) is 6.04 Å². The first-order chi connectivity index (χ1) is 8.28. The molecule has 0 saturated heterocycles. The SMILES string of the molecule is CCNc1nc(NC2CC2C)c2ccsc2n1. The summed E-state index contributed by atoms with van der Waals surface area (Å²) in [6.45, 7) is 5.16. The van der Waals surface area contributed by atoms with Crippen molar-refractivity contribution in [3.63, 3.8) is 0 Å². The van der Waals surface area contributed by atoms with Crippen molar-refractivity contribution in [1.82, 2.24) is 9.97 Å². The molecule has 17 heavy (non-hydrogen) atoms. The molecular formula is C12H16N4S. The molecule has 2 N–H and O–H groups in total. The minimum Gasteiger partial charge on any atom is -0.366 e. The van der Waals surface area contributed by atoms with E-state index in [9.17, 15) is 0 Å². The highest BCUT2D eigenvalue weighted by Crippen LogP contribution is 2.35. The Kier molecular flexibility index (Phi) is 2.63. The second-order valence-corrected chi connectivity index (χ2v) is 5.42. The zero-order valence-electron chi connectivity index (χ0n) is 10.0. The highest BCUT2D eigenvalue weighted by Gasteiger charge is 2.33. The second-order valence-electron chi connectivity index (χ2n) is 4.53. The molecule has 0 spiro atoms. The van der Waals surface area contributed by atoms with Crippen molar-refractivity contribution in [2.75, 3.05) is 17.2 Å². The quantitative estimate of drug-likeness (QED) is 0.873. The van der Waals surface area contributed by atoms with Gasteiger partial charge in [-0.3, -0.25) is 0 Å². The van der Waals surface area contributed by atoms with Crippen molar-refractivity contribution in [2.45, 2.75) is 26.3 Å². The van der Waals surface area contributed by atoms with Crippen LogP contribution < -0.4 is 10.6 Å². The number of aromatic nitrogens is 2. The largest absolute Gasteiger partial charge is 0.366 e. The fraction of sp³-hybridized carbons (Fsp3) is 0.500. The average molecular weight is 248 g/mol. The molecule has 1 aliphatic rings. The summed E-state index contributed by atoms with van der Waals surface area (Å²) in [6.07, 6.45) is 1.24. The van der Waals surface area contributed by atoms with Crippen LogP contribution in [0.25, 0.3) is 10.2 Å². The highest BCUT2D eigenvalue weighted by atomic mass is 32.1. The van der Waals surface area contributed by atoms with Crippen LogP contribution in [-0.4, -0.2) is 22.6 Å². The molecule has 90 valence electrons. The van der Waals surface area contributed by atoms with Crippen molar-refractivity contribution in [3.8, 4) is 0 Å². The van der Waals surface area contributed by atoms with Crippen LogP contribution in [-0.2, 0) is 0 Å². The smallest absolute Gasteiger partial charge is 0.226 e. The summed E-state index contributed by atoms with van der Waals surface area (Å²) in [5, 5.41) is 9.89. The molecule has 2 unspecified atom stereocenters. The molecule has 2 aromatic heterocycles. The van der Waals surface area contributed by atoms with Crippen LogP contribution in [0.15, 0.2) is 11.4 Å². The van der Waals surface area contributed by atoms with E-state index in [4.69, 9.17) is 0 Å². The molecule has 0 aliphatic heterocycles. The van der Waals surface area contributed by atoms with Gasteiger partial charge in [0.05, 0.1) is 5.39 Å². The maximum Gasteiger partial charge on any atom is 0.226 e. The molecular weight excluding hydrogens is 232 g/mol. The van der Waals surface area contributed by atoms with E-state index in [0.717, 1.165) is 34.4 Å². The third-order valence-corrected chi connectivity index (χ3v) is 3.90. The van der Waals surface area contributed by atoms with E-state index in [1.807, 2.05) is 0 Å². The van der Waals surface area contributed by atoms with Gasteiger partial charge in [0.2, 0.25) is 5.95 Å². The molecule has 1 aliphatic carbocycles. The van der Waals surface area contributed by atoms with Gasteiger partial charge in [-0.2, -0.15) is 4.98 Å². The number of rotatable bonds is 4. The summed E-state index contributed by atoms with van der Waals surface area (Å²) in [4.78, 5) is 10.1. The number of thiophene rings is 1. The molecule has 1 fully saturated rings. The molecule has 0 amide bonds. The highest BCUT2D eigenvalue weighted by molar-refractivity contribution is 7.16. The summed E-state index contributed by atoms with van der Waals surface area (Å²) in [6, 6.07) is 2.67. The van der Waals surface area contributed by atoms with Gasteiger partial charge < -0.3 is 10.6 Å². The third-order valence-electron chi connectivity index (χ3n) is 3.09. The monoisotopic (exact) mass is 248 g/mol. The summed E-state index contributed by atoms with van der Waals surface area (Å²) in [5.74, 6) is 2.46. The lowest BCUT2D eigenvalue weighted by Gasteiger charge is -2.08.